The quantitative estimate of drug-likeness (QED) is 0.402. The minimum absolute atomic E-state index is 0.0667. The Bertz CT molecular complexity index is 1140. The van der Waals surface area contributed by atoms with Crippen LogP contribution in [0.4, 0.5) is 26.3 Å². The number of nitrogens with zero attached hydrogens (tertiary/aromatic N) is 1. The van der Waals surface area contributed by atoms with Crippen LogP contribution in [0.25, 0.3) is 11.3 Å². The number of benzene rings is 2. The maximum Gasteiger partial charge on any atom is 0.416 e. The van der Waals surface area contributed by atoms with Gasteiger partial charge in [0.25, 0.3) is 12.3 Å². The molecule has 180 valence electrons. The molecule has 0 spiro atoms. The van der Waals surface area contributed by atoms with Gasteiger partial charge in [0.15, 0.2) is 6.17 Å². The molecule has 3 N–H and O–H groups in total. The molecule has 34 heavy (non-hydrogen) atoms. The minimum Gasteiger partial charge on any atom is -0.457 e. The number of hydrogen-bond acceptors (Lipinski definition) is 4. The van der Waals surface area contributed by atoms with Crippen LogP contribution in [0.3, 0.4) is 0 Å². The molecule has 1 aromatic heterocycles. The van der Waals surface area contributed by atoms with E-state index in [1.807, 2.05) is 0 Å². The van der Waals surface area contributed by atoms with Gasteiger partial charge in [-0.25, -0.2) is 18.2 Å². The van der Waals surface area contributed by atoms with Gasteiger partial charge in [-0.05, 0) is 60.2 Å². The molecule has 3 aromatic rings. The second kappa shape index (κ2) is 10.6. The fourth-order valence-electron chi connectivity index (χ4n) is 3.05. The van der Waals surface area contributed by atoms with Crippen molar-refractivity contribution >= 4 is 5.91 Å². The van der Waals surface area contributed by atoms with E-state index in [-0.39, 0.29) is 17.0 Å². The fraction of sp³-hybridized carbons (Fsp3) is 0.217. The summed E-state index contributed by atoms with van der Waals surface area (Å²) in [6.45, 7) is -1.29. The van der Waals surface area contributed by atoms with Crippen molar-refractivity contribution in [3.63, 3.8) is 0 Å². The molecule has 0 aliphatic heterocycles. The number of pyridine rings is 1. The van der Waals surface area contributed by atoms with Crippen LogP contribution in [0.15, 0.2) is 60.7 Å². The van der Waals surface area contributed by atoms with Crippen molar-refractivity contribution < 1.29 is 35.9 Å². The highest BCUT2D eigenvalue weighted by Crippen LogP contribution is 2.35. The number of carbonyl (C=O) groups excluding carboxylic acids is 1. The molecule has 5 nitrogen and oxygen atoms in total. The van der Waals surface area contributed by atoms with Crippen molar-refractivity contribution in [3.05, 3.63) is 77.5 Å². The topological polar surface area (TPSA) is 77.2 Å². The van der Waals surface area contributed by atoms with E-state index in [1.54, 1.807) is 36.4 Å². The van der Waals surface area contributed by atoms with Crippen LogP contribution >= 0.6 is 0 Å². The molecular formula is C23H19F6N3O2. The van der Waals surface area contributed by atoms with Crippen LogP contribution in [-0.4, -0.2) is 30.0 Å². The molecule has 0 aliphatic carbocycles. The van der Waals surface area contributed by atoms with Crippen LogP contribution < -0.4 is 15.8 Å². The van der Waals surface area contributed by atoms with Crippen LogP contribution in [0.1, 0.15) is 21.6 Å². The van der Waals surface area contributed by atoms with Gasteiger partial charge >= 0.3 is 6.18 Å². The molecule has 2 aromatic carbocycles. The molecule has 0 bridgehead atoms. The van der Waals surface area contributed by atoms with Crippen LogP contribution in [0.2, 0.25) is 0 Å². The first-order chi connectivity index (χ1) is 16.0. The zero-order valence-corrected chi connectivity index (χ0v) is 17.5. The van der Waals surface area contributed by atoms with Crippen molar-refractivity contribution in [2.24, 2.45) is 5.73 Å². The lowest BCUT2D eigenvalue weighted by molar-refractivity contribution is -0.138. The summed E-state index contributed by atoms with van der Waals surface area (Å²) in [4.78, 5) is 15.4. The first-order valence-electron chi connectivity index (χ1n) is 9.93. The Morgan fingerprint density at radius 3 is 2.29 bits per heavy atom. The highest BCUT2D eigenvalue weighted by atomic mass is 19.4. The average molecular weight is 483 g/mol. The van der Waals surface area contributed by atoms with Gasteiger partial charge in [-0.1, -0.05) is 6.07 Å². The van der Waals surface area contributed by atoms with Crippen molar-refractivity contribution in [1.82, 2.24) is 10.3 Å². The third-order valence-electron chi connectivity index (χ3n) is 4.70. The Kier molecular flexibility index (Phi) is 7.77. The summed E-state index contributed by atoms with van der Waals surface area (Å²) in [5.74, 6) is -0.308. The molecule has 0 fully saturated rings. The van der Waals surface area contributed by atoms with E-state index in [0.717, 1.165) is 18.2 Å². The lowest BCUT2D eigenvalue weighted by Gasteiger charge is -2.16. The number of nitrogens with two attached hydrogens (primary N) is 1. The maximum absolute atomic E-state index is 13.3. The van der Waals surface area contributed by atoms with E-state index in [4.69, 9.17) is 10.5 Å². The van der Waals surface area contributed by atoms with Crippen LogP contribution in [-0.2, 0) is 12.7 Å². The molecule has 11 heteroatoms. The largest absolute Gasteiger partial charge is 0.457 e. The molecule has 1 unspecified atom stereocenters. The number of carbonyl (C=O) groups is 1. The van der Waals surface area contributed by atoms with E-state index >= 15 is 0 Å². The fourth-order valence-corrected chi connectivity index (χ4v) is 3.05. The predicted octanol–water partition coefficient (Wildman–Crippen LogP) is 5.35. The number of ether oxygens (including phenoxy) is 1. The molecule has 0 saturated carbocycles. The zero-order valence-electron chi connectivity index (χ0n) is 17.5. The van der Waals surface area contributed by atoms with Gasteiger partial charge in [0, 0.05) is 18.7 Å². The van der Waals surface area contributed by atoms with Crippen LogP contribution in [0.5, 0.6) is 11.5 Å². The SMILES string of the molecule is NC(=O)c1cccc(-c2ccc(Oc3ccc(C(F)(F)F)c(CNCC(F)C(F)F)c3)cc2)n1. The number of nitrogens with one attached hydrogen (secondary N) is 1. The maximum atomic E-state index is 13.3. The normalized spacial score (nSPS) is 12.6. The molecule has 3 rings (SSSR count). The second-order valence-corrected chi connectivity index (χ2v) is 7.20. The van der Waals surface area contributed by atoms with Crippen LogP contribution in [0, 0.1) is 0 Å². The van der Waals surface area contributed by atoms with Crippen molar-refractivity contribution in [2.45, 2.75) is 25.3 Å². The smallest absolute Gasteiger partial charge is 0.416 e. The summed E-state index contributed by atoms with van der Waals surface area (Å²) in [7, 11) is 0. The minimum atomic E-state index is -4.69. The third-order valence-corrected chi connectivity index (χ3v) is 4.70. The van der Waals surface area contributed by atoms with E-state index < -0.39 is 43.3 Å². The first kappa shape index (κ1) is 25.0. The summed E-state index contributed by atoms with van der Waals surface area (Å²) in [6, 6.07) is 14.2. The van der Waals surface area contributed by atoms with Gasteiger partial charge < -0.3 is 15.8 Å². The zero-order chi connectivity index (χ0) is 24.9. The summed E-state index contributed by atoms with van der Waals surface area (Å²) in [5, 5.41) is 2.27. The Hall–Kier alpha value is -3.60. The van der Waals surface area contributed by atoms with Gasteiger partial charge in [0.2, 0.25) is 0 Å². The summed E-state index contributed by atoms with van der Waals surface area (Å²) in [6.07, 6.45) is -10.4. The standard InChI is InChI=1S/C23H19F6N3O2/c24-18(21(25)26)12-31-11-14-10-16(8-9-17(14)23(27,28)29)34-15-6-4-13(5-7-15)19-2-1-3-20(32-19)22(30)33/h1-10,18,21,31H,11-12H2,(H2,30,33). The number of amides is 1. The monoisotopic (exact) mass is 483 g/mol. The Labute approximate surface area is 190 Å². The Morgan fingerprint density at radius 1 is 1.00 bits per heavy atom. The number of hydrogen-bond donors (Lipinski definition) is 2. The number of alkyl halides is 6. The number of primary amides is 1. The van der Waals surface area contributed by atoms with Gasteiger partial charge in [-0.2, -0.15) is 13.2 Å². The van der Waals surface area contributed by atoms with Gasteiger partial charge in [-0.15, -0.1) is 0 Å². The first-order valence-corrected chi connectivity index (χ1v) is 9.93. The van der Waals surface area contributed by atoms with Gasteiger partial charge in [0.1, 0.15) is 17.2 Å². The van der Waals surface area contributed by atoms with Crippen molar-refractivity contribution in [3.8, 4) is 22.8 Å². The number of aromatic nitrogens is 1. The molecule has 0 radical (unpaired) electrons. The van der Waals surface area contributed by atoms with Gasteiger partial charge in [0.05, 0.1) is 11.3 Å². The molecular weight excluding hydrogens is 464 g/mol. The van der Waals surface area contributed by atoms with E-state index in [9.17, 15) is 31.1 Å². The molecule has 1 atom stereocenters. The van der Waals surface area contributed by atoms with E-state index in [0.29, 0.717) is 17.0 Å². The highest BCUT2D eigenvalue weighted by molar-refractivity contribution is 5.91. The molecule has 1 heterocycles. The van der Waals surface area contributed by atoms with Gasteiger partial charge in [-0.3, -0.25) is 4.79 Å². The number of halogens is 6. The lowest BCUT2D eigenvalue weighted by Crippen LogP contribution is -2.29. The summed E-state index contributed by atoms with van der Waals surface area (Å²) in [5.41, 5.74) is 5.18. The Balaban J connectivity index is 1.77. The van der Waals surface area contributed by atoms with Crippen molar-refractivity contribution in [1.29, 1.82) is 0 Å². The number of rotatable bonds is 9. The highest BCUT2D eigenvalue weighted by Gasteiger charge is 2.33. The summed E-state index contributed by atoms with van der Waals surface area (Å²) >= 11 is 0. The predicted molar refractivity (Wildman–Crippen MR) is 112 cm³/mol. The Morgan fingerprint density at radius 2 is 1.68 bits per heavy atom. The van der Waals surface area contributed by atoms with E-state index in [1.165, 1.54) is 6.07 Å². The average Bonchev–Trinajstić information content (AvgIpc) is 2.79. The summed E-state index contributed by atoms with van der Waals surface area (Å²) < 4.78 is 83.2. The third kappa shape index (κ3) is 6.47. The molecule has 0 saturated heterocycles. The van der Waals surface area contributed by atoms with Crippen molar-refractivity contribution in [2.75, 3.05) is 6.54 Å². The second-order valence-electron chi connectivity index (χ2n) is 7.20. The van der Waals surface area contributed by atoms with E-state index in [2.05, 4.69) is 10.3 Å². The molecule has 1 amide bonds. The molecule has 0 aliphatic rings. The lowest BCUT2D eigenvalue weighted by atomic mass is 10.1.